The molecule has 31 heavy (non-hydrogen) atoms. The first-order valence-electron chi connectivity index (χ1n) is 9.54. The van der Waals surface area contributed by atoms with Crippen molar-refractivity contribution < 1.29 is 22.8 Å². The summed E-state index contributed by atoms with van der Waals surface area (Å²) in [5.74, 6) is -0.251. The van der Waals surface area contributed by atoms with Crippen LogP contribution in [0.5, 0.6) is 0 Å². The highest BCUT2D eigenvalue weighted by Crippen LogP contribution is 2.24. The van der Waals surface area contributed by atoms with Gasteiger partial charge in [-0.25, -0.2) is 18.2 Å². The third-order valence-electron chi connectivity index (χ3n) is 4.89. The number of likely N-dealkylation sites (N-methyl/N-ethyl adjacent to an activating group) is 1. The van der Waals surface area contributed by atoms with Crippen LogP contribution in [0.3, 0.4) is 0 Å². The molecule has 0 unspecified atom stereocenters. The Morgan fingerprint density at radius 2 is 1.97 bits per heavy atom. The average Bonchev–Trinajstić information content (AvgIpc) is 3.03. The molecular formula is C21H24N4O5S. The van der Waals surface area contributed by atoms with E-state index in [4.69, 9.17) is 4.52 Å². The van der Waals surface area contributed by atoms with Crippen molar-refractivity contribution in [3.8, 4) is 0 Å². The molecule has 0 spiro atoms. The monoisotopic (exact) mass is 444 g/mol. The van der Waals surface area contributed by atoms with E-state index in [9.17, 15) is 18.3 Å². The molecule has 2 N–H and O–H groups in total. The van der Waals surface area contributed by atoms with Crippen molar-refractivity contribution in [1.29, 1.82) is 0 Å². The van der Waals surface area contributed by atoms with Gasteiger partial charge in [0, 0.05) is 19.2 Å². The predicted octanol–water partition coefficient (Wildman–Crippen LogP) is 3.17. The van der Waals surface area contributed by atoms with Crippen LogP contribution >= 0.6 is 0 Å². The van der Waals surface area contributed by atoms with E-state index >= 15 is 0 Å². The predicted molar refractivity (Wildman–Crippen MR) is 116 cm³/mol. The van der Waals surface area contributed by atoms with E-state index in [1.807, 2.05) is 13.8 Å². The van der Waals surface area contributed by atoms with E-state index in [1.54, 1.807) is 31.0 Å². The number of nitrogens with zero attached hydrogens (tertiary/aromatic N) is 3. The summed E-state index contributed by atoms with van der Waals surface area (Å²) < 4.78 is 32.8. The van der Waals surface area contributed by atoms with Gasteiger partial charge in [-0.05, 0) is 51.0 Å². The molecule has 0 saturated carbocycles. The normalized spacial score (nSPS) is 11.4. The first-order valence-corrected chi connectivity index (χ1v) is 11.0. The van der Waals surface area contributed by atoms with Gasteiger partial charge in [0.25, 0.3) is 10.0 Å². The van der Waals surface area contributed by atoms with Gasteiger partial charge < -0.3 is 14.5 Å². The van der Waals surface area contributed by atoms with Crippen LogP contribution < -0.4 is 9.62 Å². The fourth-order valence-corrected chi connectivity index (χ4v) is 4.35. The van der Waals surface area contributed by atoms with Gasteiger partial charge in [0.2, 0.25) is 0 Å². The Morgan fingerprint density at radius 1 is 1.23 bits per heavy atom. The maximum absolute atomic E-state index is 12.6. The number of carboxylic acid groups (broad SMARTS) is 1. The SMILES string of the molecule is Cc1cccc(S(=O)(=O)Nc2cnc(N(C)CCc3c(C)noc3C)c(C(=O)O)c2)c1. The van der Waals surface area contributed by atoms with Crippen LogP contribution in [0.1, 0.15) is 32.9 Å². The minimum atomic E-state index is -3.87. The van der Waals surface area contributed by atoms with Gasteiger partial charge in [-0.2, -0.15) is 0 Å². The summed E-state index contributed by atoms with van der Waals surface area (Å²) in [6.07, 6.45) is 1.90. The Balaban J connectivity index is 1.83. The smallest absolute Gasteiger partial charge is 0.339 e. The molecule has 2 heterocycles. The van der Waals surface area contributed by atoms with Crippen molar-refractivity contribution in [2.75, 3.05) is 23.2 Å². The molecule has 0 saturated heterocycles. The lowest BCUT2D eigenvalue weighted by Crippen LogP contribution is -2.24. The number of aryl methyl sites for hydroxylation is 3. The lowest BCUT2D eigenvalue weighted by molar-refractivity contribution is 0.0697. The number of aromatic carboxylic acids is 1. The first-order chi connectivity index (χ1) is 14.6. The number of benzene rings is 1. The summed E-state index contributed by atoms with van der Waals surface area (Å²) in [5, 5.41) is 13.6. The molecule has 164 valence electrons. The minimum Gasteiger partial charge on any atom is -0.478 e. The molecule has 0 aliphatic carbocycles. The van der Waals surface area contributed by atoms with E-state index in [1.165, 1.54) is 24.4 Å². The Bertz CT molecular complexity index is 1200. The van der Waals surface area contributed by atoms with Crippen molar-refractivity contribution in [3.05, 3.63) is 64.7 Å². The molecule has 1 aromatic carbocycles. The van der Waals surface area contributed by atoms with Crippen LogP contribution in [0.4, 0.5) is 11.5 Å². The highest BCUT2D eigenvalue weighted by molar-refractivity contribution is 7.92. The summed E-state index contributed by atoms with van der Waals surface area (Å²) in [5.41, 5.74) is 2.51. The third-order valence-corrected chi connectivity index (χ3v) is 6.27. The summed E-state index contributed by atoms with van der Waals surface area (Å²) in [7, 11) is -2.15. The molecule has 0 fully saturated rings. The Kier molecular flexibility index (Phi) is 6.30. The Labute approximate surface area is 180 Å². The lowest BCUT2D eigenvalue weighted by Gasteiger charge is -2.20. The number of pyridine rings is 1. The average molecular weight is 445 g/mol. The molecule has 0 bridgehead atoms. The van der Waals surface area contributed by atoms with Crippen LogP contribution in [0, 0.1) is 20.8 Å². The minimum absolute atomic E-state index is 0.0711. The van der Waals surface area contributed by atoms with Crippen LogP contribution in [-0.2, 0) is 16.4 Å². The standard InChI is InChI=1S/C21H24N4O5S/c1-13-6-5-7-17(10-13)31(28,29)24-16-11-19(21(26)27)20(22-12-16)25(4)9-8-18-14(2)23-30-15(18)3/h5-7,10-12,24H,8-9H2,1-4H3,(H,26,27). The second-order valence-corrected chi connectivity index (χ2v) is 8.98. The van der Waals surface area contributed by atoms with Gasteiger partial charge >= 0.3 is 5.97 Å². The summed E-state index contributed by atoms with van der Waals surface area (Å²) in [6, 6.07) is 7.70. The topological polar surface area (TPSA) is 126 Å². The molecule has 2 aromatic heterocycles. The van der Waals surface area contributed by atoms with Crippen LogP contribution in [-0.4, -0.2) is 43.2 Å². The summed E-state index contributed by atoms with van der Waals surface area (Å²) in [6.45, 7) is 5.94. The number of carbonyl (C=O) groups is 1. The first kappa shape index (κ1) is 22.3. The number of aromatic nitrogens is 2. The number of sulfonamides is 1. The quantitative estimate of drug-likeness (QED) is 0.543. The van der Waals surface area contributed by atoms with Gasteiger partial charge in [0.1, 0.15) is 17.1 Å². The molecule has 10 heteroatoms. The van der Waals surface area contributed by atoms with Crippen LogP contribution in [0.2, 0.25) is 0 Å². The van der Waals surface area contributed by atoms with Crippen molar-refractivity contribution >= 4 is 27.5 Å². The Hall–Kier alpha value is -3.40. The van der Waals surface area contributed by atoms with Crippen LogP contribution in [0.15, 0.2) is 45.9 Å². The summed E-state index contributed by atoms with van der Waals surface area (Å²) >= 11 is 0. The number of rotatable bonds is 8. The molecule has 0 aliphatic heterocycles. The molecule has 0 aliphatic rings. The molecule has 0 amide bonds. The van der Waals surface area contributed by atoms with E-state index in [-0.39, 0.29) is 22.0 Å². The maximum Gasteiger partial charge on any atom is 0.339 e. The third kappa shape index (κ3) is 5.02. The van der Waals surface area contributed by atoms with Crippen LogP contribution in [0.25, 0.3) is 0 Å². The lowest BCUT2D eigenvalue weighted by atomic mass is 10.1. The number of nitrogens with one attached hydrogen (secondary N) is 1. The van der Waals surface area contributed by atoms with Gasteiger partial charge in [0.05, 0.1) is 22.5 Å². The van der Waals surface area contributed by atoms with Crippen molar-refractivity contribution in [2.24, 2.45) is 0 Å². The van der Waals surface area contributed by atoms with Gasteiger partial charge in [-0.3, -0.25) is 4.72 Å². The van der Waals surface area contributed by atoms with E-state index < -0.39 is 16.0 Å². The fraction of sp³-hybridized carbons (Fsp3) is 0.286. The van der Waals surface area contributed by atoms with Gasteiger partial charge in [-0.15, -0.1) is 0 Å². The molecule has 9 nitrogen and oxygen atoms in total. The second-order valence-electron chi connectivity index (χ2n) is 7.30. The Morgan fingerprint density at radius 3 is 2.58 bits per heavy atom. The molecule has 3 aromatic rings. The molecular weight excluding hydrogens is 420 g/mol. The van der Waals surface area contributed by atoms with E-state index in [2.05, 4.69) is 14.9 Å². The van der Waals surface area contributed by atoms with E-state index in [0.717, 1.165) is 22.6 Å². The second kappa shape index (κ2) is 8.76. The summed E-state index contributed by atoms with van der Waals surface area (Å²) in [4.78, 5) is 17.8. The molecule has 3 rings (SSSR count). The van der Waals surface area contributed by atoms with Crippen molar-refractivity contribution in [1.82, 2.24) is 10.1 Å². The number of carboxylic acids is 1. The number of anilines is 2. The zero-order valence-electron chi connectivity index (χ0n) is 17.7. The van der Waals surface area contributed by atoms with Gasteiger partial charge in [0.15, 0.2) is 0 Å². The molecule has 0 radical (unpaired) electrons. The highest BCUT2D eigenvalue weighted by Gasteiger charge is 2.20. The van der Waals surface area contributed by atoms with E-state index in [0.29, 0.717) is 13.0 Å². The largest absolute Gasteiger partial charge is 0.478 e. The fourth-order valence-electron chi connectivity index (χ4n) is 3.22. The number of hydrogen-bond acceptors (Lipinski definition) is 7. The van der Waals surface area contributed by atoms with Crippen molar-refractivity contribution in [2.45, 2.75) is 32.1 Å². The van der Waals surface area contributed by atoms with Gasteiger partial charge in [-0.1, -0.05) is 17.3 Å². The highest BCUT2D eigenvalue weighted by atomic mass is 32.2. The van der Waals surface area contributed by atoms with Crippen molar-refractivity contribution in [3.63, 3.8) is 0 Å². The zero-order valence-corrected chi connectivity index (χ0v) is 18.5. The maximum atomic E-state index is 12.6. The zero-order chi connectivity index (χ0) is 22.8. The molecule has 0 atom stereocenters. The number of hydrogen-bond donors (Lipinski definition) is 2.